The standard InChI is InChI=1S/C24H24FN3O2S2/c1-17-3-2-4-21(13-17)27-9-11-28(12-10-27)23(30)14-20-15-31-24(26-20)32-16-22(29)18-5-7-19(25)8-6-18/h2-8,13,15H,9-12,14,16H2,1H3. The number of benzene rings is 2. The zero-order valence-corrected chi connectivity index (χ0v) is 19.4. The Kier molecular flexibility index (Phi) is 7.22. The lowest BCUT2D eigenvalue weighted by atomic mass is 10.1. The van der Waals surface area contributed by atoms with Crippen LogP contribution in [0.15, 0.2) is 58.3 Å². The van der Waals surface area contributed by atoms with E-state index in [1.807, 2.05) is 10.3 Å². The highest BCUT2D eigenvalue weighted by atomic mass is 32.2. The first-order chi connectivity index (χ1) is 15.5. The molecule has 8 heteroatoms. The molecule has 4 rings (SSSR count). The number of thioether (sulfide) groups is 1. The summed E-state index contributed by atoms with van der Waals surface area (Å²) in [5, 5.41) is 1.88. The molecule has 32 heavy (non-hydrogen) atoms. The van der Waals surface area contributed by atoms with E-state index in [1.54, 1.807) is 0 Å². The number of Topliss-reactive ketones (excluding diaryl/α,β-unsaturated/α-hetero) is 1. The Hall–Kier alpha value is -2.71. The minimum atomic E-state index is -0.361. The number of nitrogens with zero attached hydrogens (tertiary/aromatic N) is 3. The number of halogens is 1. The molecule has 0 saturated carbocycles. The molecular weight excluding hydrogens is 445 g/mol. The summed E-state index contributed by atoms with van der Waals surface area (Å²) in [7, 11) is 0. The van der Waals surface area contributed by atoms with Crippen LogP contribution in [0.3, 0.4) is 0 Å². The van der Waals surface area contributed by atoms with Crippen molar-refractivity contribution in [3.8, 4) is 0 Å². The highest BCUT2D eigenvalue weighted by Gasteiger charge is 2.22. The van der Waals surface area contributed by atoms with E-state index in [2.05, 4.69) is 41.1 Å². The second-order valence-corrected chi connectivity index (χ2v) is 9.79. The van der Waals surface area contributed by atoms with Gasteiger partial charge in [0.25, 0.3) is 0 Å². The second kappa shape index (κ2) is 10.3. The Bertz CT molecular complexity index is 1090. The van der Waals surface area contributed by atoms with E-state index in [0.29, 0.717) is 18.7 Å². The van der Waals surface area contributed by atoms with Crippen molar-refractivity contribution >= 4 is 40.5 Å². The van der Waals surface area contributed by atoms with E-state index >= 15 is 0 Å². The lowest BCUT2D eigenvalue weighted by molar-refractivity contribution is -0.130. The summed E-state index contributed by atoms with van der Waals surface area (Å²) in [6.45, 7) is 5.12. The summed E-state index contributed by atoms with van der Waals surface area (Å²) in [5.41, 5.74) is 3.65. The summed E-state index contributed by atoms with van der Waals surface area (Å²) in [6.07, 6.45) is 0.271. The maximum atomic E-state index is 13.0. The van der Waals surface area contributed by atoms with Crippen molar-refractivity contribution in [2.45, 2.75) is 17.7 Å². The van der Waals surface area contributed by atoms with E-state index in [-0.39, 0.29) is 29.7 Å². The Morgan fingerprint density at radius 2 is 1.84 bits per heavy atom. The van der Waals surface area contributed by atoms with Gasteiger partial charge in [-0.2, -0.15) is 0 Å². The molecule has 2 aromatic carbocycles. The van der Waals surface area contributed by atoms with E-state index < -0.39 is 0 Å². The predicted octanol–water partition coefficient (Wildman–Crippen LogP) is 4.46. The number of carbonyl (C=O) groups excluding carboxylic acids is 2. The number of amides is 1. The smallest absolute Gasteiger partial charge is 0.228 e. The summed E-state index contributed by atoms with van der Waals surface area (Å²) >= 11 is 2.78. The monoisotopic (exact) mass is 469 g/mol. The molecule has 3 aromatic rings. The lowest BCUT2D eigenvalue weighted by Gasteiger charge is -2.36. The van der Waals surface area contributed by atoms with Crippen molar-refractivity contribution < 1.29 is 14.0 Å². The fourth-order valence-corrected chi connectivity index (χ4v) is 5.33. The van der Waals surface area contributed by atoms with Gasteiger partial charge in [-0.1, -0.05) is 23.9 Å². The van der Waals surface area contributed by atoms with E-state index in [4.69, 9.17) is 0 Å². The molecule has 1 aliphatic heterocycles. The third kappa shape index (κ3) is 5.75. The van der Waals surface area contributed by atoms with Gasteiger partial charge in [0, 0.05) is 42.8 Å². The topological polar surface area (TPSA) is 53.5 Å². The number of hydrogen-bond acceptors (Lipinski definition) is 6. The molecule has 2 heterocycles. The second-order valence-electron chi connectivity index (χ2n) is 7.71. The van der Waals surface area contributed by atoms with Crippen LogP contribution < -0.4 is 4.90 Å². The molecule has 0 bridgehead atoms. The summed E-state index contributed by atoms with van der Waals surface area (Å²) in [6, 6.07) is 14.0. The SMILES string of the molecule is Cc1cccc(N2CCN(C(=O)Cc3csc(SCC(=O)c4ccc(F)cc4)n3)CC2)c1. The van der Waals surface area contributed by atoms with Gasteiger partial charge in [0.1, 0.15) is 5.82 Å². The number of rotatable bonds is 7. The van der Waals surface area contributed by atoms with E-state index in [9.17, 15) is 14.0 Å². The first-order valence-electron chi connectivity index (χ1n) is 10.4. The molecule has 0 spiro atoms. The lowest BCUT2D eigenvalue weighted by Crippen LogP contribution is -2.49. The van der Waals surface area contributed by atoms with Crippen LogP contribution in [0.4, 0.5) is 10.1 Å². The van der Waals surface area contributed by atoms with Crippen molar-refractivity contribution in [1.29, 1.82) is 0 Å². The van der Waals surface area contributed by atoms with Crippen molar-refractivity contribution in [2.75, 3.05) is 36.8 Å². The number of aryl methyl sites for hydroxylation is 1. The van der Waals surface area contributed by atoms with Gasteiger partial charge in [-0.3, -0.25) is 9.59 Å². The molecule has 0 atom stereocenters. The van der Waals surface area contributed by atoms with Crippen molar-refractivity contribution in [3.63, 3.8) is 0 Å². The quantitative estimate of drug-likeness (QED) is 0.378. The largest absolute Gasteiger partial charge is 0.368 e. The molecule has 0 unspecified atom stereocenters. The van der Waals surface area contributed by atoms with Gasteiger partial charge in [0.05, 0.1) is 17.9 Å². The van der Waals surface area contributed by atoms with Gasteiger partial charge in [0.15, 0.2) is 10.1 Å². The van der Waals surface area contributed by atoms with Crippen LogP contribution in [0, 0.1) is 12.7 Å². The molecule has 0 aliphatic carbocycles. The van der Waals surface area contributed by atoms with Gasteiger partial charge >= 0.3 is 0 Å². The molecule has 166 valence electrons. The van der Waals surface area contributed by atoms with E-state index in [1.165, 1.54) is 58.6 Å². The van der Waals surface area contributed by atoms with Crippen LogP contribution in [0.5, 0.6) is 0 Å². The highest BCUT2D eigenvalue weighted by Crippen LogP contribution is 2.24. The van der Waals surface area contributed by atoms with Gasteiger partial charge in [-0.05, 0) is 48.9 Å². The van der Waals surface area contributed by atoms with Gasteiger partial charge in [0.2, 0.25) is 5.91 Å². The van der Waals surface area contributed by atoms with Crippen LogP contribution >= 0.6 is 23.1 Å². The number of piperazine rings is 1. The number of aromatic nitrogens is 1. The maximum Gasteiger partial charge on any atom is 0.228 e. The average Bonchev–Trinajstić information content (AvgIpc) is 3.25. The fourth-order valence-electron chi connectivity index (χ4n) is 3.59. The Balaban J connectivity index is 1.25. The molecular formula is C24H24FN3O2S2. The summed E-state index contributed by atoms with van der Waals surface area (Å²) in [5.74, 6) is -0.125. The normalized spacial score (nSPS) is 13.9. The van der Waals surface area contributed by atoms with Crippen LogP contribution in [-0.4, -0.2) is 53.5 Å². The number of ketones is 1. The zero-order valence-electron chi connectivity index (χ0n) is 17.8. The maximum absolute atomic E-state index is 13.0. The minimum absolute atomic E-state index is 0.0747. The minimum Gasteiger partial charge on any atom is -0.368 e. The molecule has 1 aromatic heterocycles. The zero-order chi connectivity index (χ0) is 22.5. The third-order valence-corrected chi connectivity index (χ3v) is 7.42. The molecule has 1 aliphatic rings. The molecule has 5 nitrogen and oxygen atoms in total. The van der Waals surface area contributed by atoms with Gasteiger partial charge < -0.3 is 9.80 Å². The first-order valence-corrected chi connectivity index (χ1v) is 12.3. The van der Waals surface area contributed by atoms with Crippen LogP contribution in [-0.2, 0) is 11.2 Å². The van der Waals surface area contributed by atoms with Crippen LogP contribution in [0.25, 0.3) is 0 Å². The van der Waals surface area contributed by atoms with Crippen LogP contribution in [0.1, 0.15) is 21.6 Å². The van der Waals surface area contributed by atoms with Crippen LogP contribution in [0.2, 0.25) is 0 Å². The van der Waals surface area contributed by atoms with Crippen molar-refractivity contribution in [1.82, 2.24) is 9.88 Å². The number of anilines is 1. The molecule has 0 radical (unpaired) electrons. The Morgan fingerprint density at radius 3 is 2.56 bits per heavy atom. The Morgan fingerprint density at radius 1 is 1.09 bits per heavy atom. The fraction of sp³-hybridized carbons (Fsp3) is 0.292. The first kappa shape index (κ1) is 22.5. The summed E-state index contributed by atoms with van der Waals surface area (Å²) < 4.78 is 13.8. The third-order valence-electron chi connectivity index (χ3n) is 5.36. The van der Waals surface area contributed by atoms with Gasteiger partial charge in [-0.25, -0.2) is 9.37 Å². The number of thiazole rings is 1. The predicted molar refractivity (Wildman–Crippen MR) is 127 cm³/mol. The highest BCUT2D eigenvalue weighted by molar-refractivity contribution is 8.01. The van der Waals surface area contributed by atoms with E-state index in [0.717, 1.165) is 23.1 Å². The number of carbonyl (C=O) groups is 2. The molecule has 1 fully saturated rings. The van der Waals surface area contributed by atoms with Crippen molar-refractivity contribution in [2.24, 2.45) is 0 Å². The summed E-state index contributed by atoms with van der Waals surface area (Å²) in [4.78, 5) is 33.7. The van der Waals surface area contributed by atoms with Crippen molar-refractivity contribution in [3.05, 3.63) is 76.5 Å². The van der Waals surface area contributed by atoms with Gasteiger partial charge in [-0.15, -0.1) is 11.3 Å². The molecule has 1 amide bonds. The molecule has 0 N–H and O–H groups in total. The Labute approximate surface area is 195 Å². The number of hydrogen-bond donors (Lipinski definition) is 0. The molecule has 1 saturated heterocycles. The average molecular weight is 470 g/mol.